The molecule has 1 spiro atoms. The first kappa shape index (κ1) is 24.7. The predicted octanol–water partition coefficient (Wildman–Crippen LogP) is -0.184. The molecule has 6 rings (SSSR count). The Hall–Kier alpha value is -3.61. The summed E-state index contributed by atoms with van der Waals surface area (Å²) in [5.74, 6) is 1.30. The first-order valence-corrected chi connectivity index (χ1v) is 12.9. The van der Waals surface area contributed by atoms with Crippen molar-refractivity contribution >= 4 is 24.0 Å². The van der Waals surface area contributed by atoms with Gasteiger partial charge >= 0.3 is 11.7 Å². The van der Waals surface area contributed by atoms with Gasteiger partial charge in [-0.2, -0.15) is 4.98 Å². The molecule has 5 N–H and O–H groups in total. The Labute approximate surface area is 220 Å². The first-order chi connectivity index (χ1) is 18.0. The largest absolute Gasteiger partial charge is 0.354 e. The van der Waals surface area contributed by atoms with Crippen LogP contribution < -0.4 is 22.5 Å². The zero-order valence-electron chi connectivity index (χ0n) is 21.6. The number of nitrogens with two attached hydrogens (primary N) is 2. The van der Waals surface area contributed by atoms with E-state index in [1.54, 1.807) is 26.1 Å². The second kappa shape index (κ2) is 8.72. The quantitative estimate of drug-likeness (QED) is 0.495. The number of anilines is 1. The van der Waals surface area contributed by atoms with E-state index in [4.69, 9.17) is 11.5 Å². The van der Waals surface area contributed by atoms with Crippen molar-refractivity contribution in [3.63, 3.8) is 0 Å². The molecule has 3 amide bonds. The van der Waals surface area contributed by atoms with E-state index in [1.165, 1.54) is 19.9 Å². The maximum absolute atomic E-state index is 12.8. The van der Waals surface area contributed by atoms with Crippen molar-refractivity contribution in [1.82, 2.24) is 24.3 Å². The number of piperazine rings is 1. The van der Waals surface area contributed by atoms with E-state index < -0.39 is 23.4 Å². The monoisotopic (exact) mass is 519 g/mol. The lowest BCUT2D eigenvalue weighted by atomic mass is 10.0. The molecule has 1 aromatic heterocycles. The van der Waals surface area contributed by atoms with Gasteiger partial charge in [-0.05, 0) is 37.6 Å². The van der Waals surface area contributed by atoms with Crippen LogP contribution in [-0.4, -0.2) is 92.4 Å². The minimum Gasteiger partial charge on any atom is -0.322 e. The van der Waals surface area contributed by atoms with Crippen LogP contribution in [0, 0.1) is 11.8 Å². The Balaban J connectivity index is 1.04. The van der Waals surface area contributed by atoms with Crippen molar-refractivity contribution in [2.45, 2.75) is 37.6 Å². The number of fused-ring (bicyclic) bond motifs is 3. The standard InChI is InChI=1S/C26H33N9O3/c1-25(2,28)22(36)35-10-9-33(14-20(35)27)23(37)30-21-7-8-34(24(38)31-21)17-5-3-16(4-6-17)11-32-12-18-19(13-32)26(18)15-29-26/h3-8,15,18-20H,9-14,27-28H2,1-2H3,(H,30,31,37,38)/t18?,19?,20-,26?/m0/s1. The third-order valence-corrected chi connectivity index (χ3v) is 8.08. The molecule has 1 aromatic carbocycles. The van der Waals surface area contributed by atoms with Gasteiger partial charge in [-0.15, -0.1) is 0 Å². The van der Waals surface area contributed by atoms with Crippen LogP contribution in [0.3, 0.4) is 0 Å². The number of nitrogens with one attached hydrogen (secondary N) is 1. The summed E-state index contributed by atoms with van der Waals surface area (Å²) in [5.41, 5.74) is 12.7. The second-order valence-corrected chi connectivity index (χ2v) is 11.3. The van der Waals surface area contributed by atoms with Gasteiger partial charge in [0.1, 0.15) is 11.4 Å². The minimum absolute atomic E-state index is 0.143. The molecule has 1 aliphatic carbocycles. The lowest BCUT2D eigenvalue weighted by molar-refractivity contribution is -0.140. The number of amides is 3. The van der Waals surface area contributed by atoms with Gasteiger partial charge in [0.15, 0.2) is 0 Å². The Bertz CT molecular complexity index is 1340. The van der Waals surface area contributed by atoms with E-state index in [1.807, 2.05) is 24.3 Å². The summed E-state index contributed by atoms with van der Waals surface area (Å²) in [5, 5.41) is 2.66. The van der Waals surface area contributed by atoms with Crippen LogP contribution in [0.5, 0.6) is 0 Å². The Morgan fingerprint density at radius 2 is 1.79 bits per heavy atom. The molecular weight excluding hydrogens is 486 g/mol. The van der Waals surface area contributed by atoms with Gasteiger partial charge in [-0.25, -0.2) is 9.59 Å². The van der Waals surface area contributed by atoms with Crippen molar-refractivity contribution in [1.29, 1.82) is 0 Å². The van der Waals surface area contributed by atoms with Gasteiger partial charge in [0, 0.05) is 57.0 Å². The van der Waals surface area contributed by atoms with Crippen molar-refractivity contribution < 1.29 is 9.59 Å². The zero-order valence-corrected chi connectivity index (χ0v) is 21.6. The molecule has 4 aliphatic rings. The average Bonchev–Trinajstić information content (AvgIpc) is 3.72. The minimum atomic E-state index is -1.04. The Kier molecular flexibility index (Phi) is 5.67. The summed E-state index contributed by atoms with van der Waals surface area (Å²) >= 11 is 0. The van der Waals surface area contributed by atoms with Gasteiger partial charge in [-0.3, -0.25) is 24.6 Å². The third kappa shape index (κ3) is 4.38. The molecule has 1 saturated carbocycles. The molecule has 2 aromatic rings. The maximum Gasteiger partial charge on any atom is 0.354 e. The molecule has 2 unspecified atom stereocenters. The van der Waals surface area contributed by atoms with E-state index in [9.17, 15) is 14.4 Å². The van der Waals surface area contributed by atoms with Crippen molar-refractivity contribution in [3.05, 3.63) is 52.6 Å². The number of urea groups is 1. The number of aromatic nitrogens is 2. The zero-order chi connectivity index (χ0) is 26.8. The van der Waals surface area contributed by atoms with Gasteiger partial charge in [0.05, 0.1) is 23.9 Å². The van der Waals surface area contributed by atoms with E-state index in [0.29, 0.717) is 17.5 Å². The van der Waals surface area contributed by atoms with Gasteiger partial charge in [0.25, 0.3) is 0 Å². The van der Waals surface area contributed by atoms with E-state index in [0.717, 1.165) is 19.6 Å². The van der Waals surface area contributed by atoms with Crippen LogP contribution in [0.15, 0.2) is 46.3 Å². The Morgan fingerprint density at radius 1 is 1.11 bits per heavy atom. The predicted molar refractivity (Wildman–Crippen MR) is 142 cm³/mol. The van der Waals surface area contributed by atoms with E-state index >= 15 is 0 Å². The summed E-state index contributed by atoms with van der Waals surface area (Å²) in [4.78, 5) is 51.9. The fourth-order valence-electron chi connectivity index (χ4n) is 5.81. The molecule has 0 bridgehead atoms. The van der Waals surface area contributed by atoms with E-state index in [2.05, 4.69) is 26.4 Å². The first-order valence-electron chi connectivity index (χ1n) is 12.9. The molecule has 12 heteroatoms. The summed E-state index contributed by atoms with van der Waals surface area (Å²) in [6, 6.07) is 9.02. The van der Waals surface area contributed by atoms with Crippen LogP contribution in [-0.2, 0) is 11.3 Å². The average molecular weight is 520 g/mol. The number of carbonyl (C=O) groups excluding carboxylic acids is 2. The summed E-state index contributed by atoms with van der Waals surface area (Å²) in [6.07, 6.45) is 3.03. The molecule has 12 nitrogen and oxygen atoms in total. The lowest BCUT2D eigenvalue weighted by Crippen LogP contribution is -2.65. The molecule has 3 atom stereocenters. The molecule has 3 fully saturated rings. The molecular formula is C26H33N9O3. The van der Waals surface area contributed by atoms with Crippen LogP contribution in [0.4, 0.5) is 10.6 Å². The number of likely N-dealkylation sites (tertiary alicyclic amines) is 1. The molecule has 38 heavy (non-hydrogen) atoms. The number of hydrogen-bond donors (Lipinski definition) is 3. The summed E-state index contributed by atoms with van der Waals surface area (Å²) in [6.45, 7) is 7.02. The normalized spacial score (nSPS) is 27.9. The van der Waals surface area contributed by atoms with Crippen LogP contribution in [0.25, 0.3) is 5.69 Å². The number of benzene rings is 1. The highest BCUT2D eigenvalue weighted by Gasteiger charge is 2.72. The smallest absolute Gasteiger partial charge is 0.322 e. The Morgan fingerprint density at radius 3 is 2.37 bits per heavy atom. The molecule has 4 heterocycles. The highest BCUT2D eigenvalue weighted by Crippen LogP contribution is 2.62. The number of aliphatic imine (C=N–C) groups is 1. The van der Waals surface area contributed by atoms with Crippen LogP contribution in [0.1, 0.15) is 19.4 Å². The fraction of sp³-hybridized carbons (Fsp3) is 0.500. The molecule has 200 valence electrons. The highest BCUT2D eigenvalue weighted by molar-refractivity contribution is 5.91. The van der Waals surface area contributed by atoms with Crippen LogP contribution >= 0.6 is 0 Å². The topological polar surface area (TPSA) is 155 Å². The summed E-state index contributed by atoms with van der Waals surface area (Å²) < 4.78 is 1.44. The van der Waals surface area contributed by atoms with Crippen LogP contribution in [0.2, 0.25) is 0 Å². The van der Waals surface area contributed by atoms with Crippen molar-refractivity contribution in [2.75, 3.05) is 38.0 Å². The number of rotatable bonds is 5. The SMILES string of the molecule is CC(C)(N)C(=O)N1CCN(C(=O)Nc2ccn(-c3ccc(CN4CC5C(C4)C54C=N4)cc3)c(=O)n2)C[C@H]1N. The van der Waals surface area contributed by atoms with Gasteiger partial charge in [-0.1, -0.05) is 12.1 Å². The molecule has 0 radical (unpaired) electrons. The highest BCUT2D eigenvalue weighted by atomic mass is 16.2. The van der Waals surface area contributed by atoms with Gasteiger partial charge in [0.2, 0.25) is 5.91 Å². The number of nitrogens with zero attached hydrogens (tertiary/aromatic N) is 6. The van der Waals surface area contributed by atoms with E-state index in [-0.39, 0.29) is 36.9 Å². The van der Waals surface area contributed by atoms with Crippen molar-refractivity contribution in [3.8, 4) is 5.69 Å². The summed E-state index contributed by atoms with van der Waals surface area (Å²) in [7, 11) is 0. The number of carbonyl (C=O) groups is 2. The van der Waals surface area contributed by atoms with Gasteiger partial charge < -0.3 is 21.3 Å². The number of piperidine rings is 1. The lowest BCUT2D eigenvalue weighted by Gasteiger charge is -2.41. The molecule has 2 saturated heterocycles. The molecule has 3 aliphatic heterocycles. The fourth-order valence-corrected chi connectivity index (χ4v) is 5.81. The van der Waals surface area contributed by atoms with Crippen molar-refractivity contribution in [2.24, 2.45) is 28.3 Å². The maximum atomic E-state index is 12.8. The number of hydrogen-bond acceptors (Lipinski definition) is 8. The second-order valence-electron chi connectivity index (χ2n) is 11.3. The third-order valence-electron chi connectivity index (χ3n) is 8.08.